The van der Waals surface area contributed by atoms with Crippen LogP contribution in [0.2, 0.25) is 19.6 Å². The lowest BCUT2D eigenvalue weighted by atomic mass is 10.0. The predicted molar refractivity (Wildman–Crippen MR) is 74.6 cm³/mol. The van der Waals surface area contributed by atoms with E-state index >= 15 is 0 Å². The molecule has 0 aliphatic heterocycles. The van der Waals surface area contributed by atoms with Crippen molar-refractivity contribution in [2.24, 2.45) is 0 Å². The molecule has 0 aromatic heterocycles. The zero-order valence-corrected chi connectivity index (χ0v) is 11.3. The molecule has 0 spiro atoms. The Morgan fingerprint density at radius 3 is 2.31 bits per heavy atom. The molecule has 0 saturated heterocycles. The van der Waals surface area contributed by atoms with Gasteiger partial charge in [-0.15, -0.1) is 0 Å². The van der Waals surface area contributed by atoms with Gasteiger partial charge in [-0.2, -0.15) is 0 Å². The standard InChI is InChI=1S/C15H19Si/c1-16(2,3)15-10-6-9-14(12-15)11-13-7-4-5-8-13/h4-10,12H,11H2,1-3H3. The van der Waals surface area contributed by atoms with E-state index in [1.165, 1.54) is 11.5 Å². The van der Waals surface area contributed by atoms with Gasteiger partial charge in [0.1, 0.15) is 0 Å². The van der Waals surface area contributed by atoms with Gasteiger partial charge in [-0.05, 0) is 12.0 Å². The highest BCUT2D eigenvalue weighted by Gasteiger charge is 2.16. The first-order chi connectivity index (χ1) is 7.55. The SMILES string of the molecule is C[Si](C)(C)c1cccc(C[C]2C=CC=C2)c1. The highest BCUT2D eigenvalue weighted by molar-refractivity contribution is 6.88. The fourth-order valence-corrected chi connectivity index (χ4v) is 3.13. The fourth-order valence-electron chi connectivity index (χ4n) is 1.92. The van der Waals surface area contributed by atoms with Crippen LogP contribution in [0.25, 0.3) is 0 Å². The van der Waals surface area contributed by atoms with Crippen LogP contribution in [-0.4, -0.2) is 8.07 Å². The number of hydrogen-bond donors (Lipinski definition) is 0. The molecule has 0 unspecified atom stereocenters. The summed E-state index contributed by atoms with van der Waals surface area (Å²) in [6.07, 6.45) is 9.67. The van der Waals surface area contributed by atoms with E-state index in [9.17, 15) is 0 Å². The van der Waals surface area contributed by atoms with Crippen LogP contribution in [0.3, 0.4) is 0 Å². The van der Waals surface area contributed by atoms with Crippen molar-refractivity contribution in [2.45, 2.75) is 26.1 Å². The van der Waals surface area contributed by atoms with Gasteiger partial charge in [0.15, 0.2) is 0 Å². The first-order valence-corrected chi connectivity index (χ1v) is 9.36. The zero-order valence-electron chi connectivity index (χ0n) is 10.3. The molecule has 0 heterocycles. The molecular formula is C15H19Si. The highest BCUT2D eigenvalue weighted by atomic mass is 28.3. The summed E-state index contributed by atoms with van der Waals surface area (Å²) in [6, 6.07) is 9.10. The highest BCUT2D eigenvalue weighted by Crippen LogP contribution is 2.17. The van der Waals surface area contributed by atoms with Gasteiger partial charge in [0.25, 0.3) is 0 Å². The normalized spacial score (nSPS) is 15.9. The monoisotopic (exact) mass is 227 g/mol. The Labute approximate surface area is 99.7 Å². The summed E-state index contributed by atoms with van der Waals surface area (Å²) in [4.78, 5) is 0. The Kier molecular flexibility index (Phi) is 3.15. The summed E-state index contributed by atoms with van der Waals surface area (Å²) in [6.45, 7) is 7.19. The third-order valence-electron chi connectivity index (χ3n) is 2.93. The second-order valence-electron chi connectivity index (χ2n) is 5.42. The second-order valence-corrected chi connectivity index (χ2v) is 10.5. The Morgan fingerprint density at radius 2 is 1.69 bits per heavy atom. The third kappa shape index (κ3) is 2.73. The molecular weight excluding hydrogens is 208 g/mol. The minimum Gasteiger partial charge on any atom is -0.0730 e. The lowest BCUT2D eigenvalue weighted by Crippen LogP contribution is -2.37. The Balaban J connectivity index is 2.16. The zero-order chi connectivity index (χ0) is 11.6. The van der Waals surface area contributed by atoms with Crippen LogP contribution in [-0.2, 0) is 6.42 Å². The smallest absolute Gasteiger partial charge is 0.0730 e. The molecule has 0 amide bonds. The molecule has 2 rings (SSSR count). The largest absolute Gasteiger partial charge is 0.0776 e. The van der Waals surface area contributed by atoms with Gasteiger partial charge in [0.05, 0.1) is 8.07 Å². The molecule has 1 aliphatic carbocycles. The summed E-state index contributed by atoms with van der Waals surface area (Å²) < 4.78 is 0. The van der Waals surface area contributed by atoms with Gasteiger partial charge in [0, 0.05) is 5.92 Å². The lowest BCUT2D eigenvalue weighted by Gasteiger charge is -2.18. The molecule has 0 nitrogen and oxygen atoms in total. The van der Waals surface area contributed by atoms with Gasteiger partial charge in [0.2, 0.25) is 0 Å². The lowest BCUT2D eigenvalue weighted by molar-refractivity contribution is 1.10. The molecule has 1 radical (unpaired) electrons. The molecule has 0 N–H and O–H groups in total. The quantitative estimate of drug-likeness (QED) is 0.694. The van der Waals surface area contributed by atoms with E-state index in [1.54, 1.807) is 5.19 Å². The van der Waals surface area contributed by atoms with Gasteiger partial charge < -0.3 is 0 Å². The van der Waals surface area contributed by atoms with Crippen molar-refractivity contribution >= 4 is 13.3 Å². The van der Waals surface area contributed by atoms with Crippen LogP contribution in [0.1, 0.15) is 5.56 Å². The summed E-state index contributed by atoms with van der Waals surface area (Å²) in [5.74, 6) is 1.41. The molecule has 16 heavy (non-hydrogen) atoms. The number of hydrogen-bond acceptors (Lipinski definition) is 0. The molecule has 1 heteroatoms. The molecule has 0 saturated carbocycles. The number of benzene rings is 1. The van der Waals surface area contributed by atoms with Crippen molar-refractivity contribution < 1.29 is 0 Å². The average Bonchev–Trinajstić information content (AvgIpc) is 2.70. The maximum absolute atomic E-state index is 2.40. The summed E-state index contributed by atoms with van der Waals surface area (Å²) in [7, 11) is -1.17. The van der Waals surface area contributed by atoms with E-state index < -0.39 is 8.07 Å². The van der Waals surface area contributed by atoms with Crippen molar-refractivity contribution in [3.63, 3.8) is 0 Å². The topological polar surface area (TPSA) is 0 Å². The van der Waals surface area contributed by atoms with Crippen molar-refractivity contribution in [3.05, 3.63) is 60.1 Å². The van der Waals surface area contributed by atoms with Crippen molar-refractivity contribution in [3.8, 4) is 0 Å². The van der Waals surface area contributed by atoms with Crippen molar-refractivity contribution in [1.82, 2.24) is 0 Å². The molecule has 1 aromatic carbocycles. The van der Waals surface area contributed by atoms with Crippen LogP contribution in [0, 0.1) is 5.92 Å². The minimum atomic E-state index is -1.17. The first-order valence-electron chi connectivity index (χ1n) is 5.86. The molecule has 0 bridgehead atoms. The van der Waals surface area contributed by atoms with Crippen molar-refractivity contribution in [1.29, 1.82) is 0 Å². The van der Waals surface area contributed by atoms with Crippen LogP contribution in [0.4, 0.5) is 0 Å². The van der Waals surface area contributed by atoms with Gasteiger partial charge >= 0.3 is 0 Å². The molecule has 1 aromatic rings. The average molecular weight is 227 g/mol. The van der Waals surface area contributed by atoms with E-state index in [-0.39, 0.29) is 0 Å². The van der Waals surface area contributed by atoms with Crippen LogP contribution >= 0.6 is 0 Å². The van der Waals surface area contributed by atoms with Crippen LogP contribution in [0.15, 0.2) is 48.6 Å². The number of allylic oxidation sites excluding steroid dienone is 4. The molecule has 0 fully saturated rings. The van der Waals surface area contributed by atoms with Gasteiger partial charge in [-0.3, -0.25) is 0 Å². The molecule has 1 aliphatic rings. The molecule has 83 valence electrons. The van der Waals surface area contributed by atoms with Gasteiger partial charge in [-0.1, -0.05) is 73.4 Å². The summed E-state index contributed by atoms with van der Waals surface area (Å²) in [5, 5.41) is 1.55. The van der Waals surface area contributed by atoms with Gasteiger partial charge in [-0.25, -0.2) is 0 Å². The first kappa shape index (κ1) is 11.4. The summed E-state index contributed by atoms with van der Waals surface area (Å²) in [5.41, 5.74) is 1.44. The van der Waals surface area contributed by atoms with E-state index in [0.717, 1.165) is 6.42 Å². The van der Waals surface area contributed by atoms with Crippen LogP contribution < -0.4 is 5.19 Å². The summed E-state index contributed by atoms with van der Waals surface area (Å²) >= 11 is 0. The fraction of sp³-hybridized carbons (Fsp3) is 0.267. The predicted octanol–water partition coefficient (Wildman–Crippen LogP) is 3.47. The second kappa shape index (κ2) is 4.42. The third-order valence-corrected chi connectivity index (χ3v) is 4.98. The van der Waals surface area contributed by atoms with E-state index in [2.05, 4.69) is 68.2 Å². The molecule has 0 atom stereocenters. The Morgan fingerprint density at radius 1 is 1.00 bits per heavy atom. The Bertz CT molecular complexity index is 409. The van der Waals surface area contributed by atoms with E-state index in [4.69, 9.17) is 0 Å². The Hall–Kier alpha value is -1.08. The van der Waals surface area contributed by atoms with Crippen molar-refractivity contribution in [2.75, 3.05) is 0 Å². The van der Waals surface area contributed by atoms with Crippen LogP contribution in [0.5, 0.6) is 0 Å². The maximum Gasteiger partial charge on any atom is 0.0776 e. The van der Waals surface area contributed by atoms with E-state index in [1.807, 2.05) is 0 Å². The minimum absolute atomic E-state index is 1.06. The maximum atomic E-state index is 2.40. The number of rotatable bonds is 3. The van der Waals surface area contributed by atoms with E-state index in [0.29, 0.717) is 0 Å².